The topological polar surface area (TPSA) is 64.3 Å². The number of hydrogen-bond donors (Lipinski definition) is 2. The molecular weight excluding hydrogens is 252 g/mol. The van der Waals surface area contributed by atoms with Gasteiger partial charge in [0, 0.05) is 12.2 Å². The first-order valence-electron chi connectivity index (χ1n) is 7.40. The lowest BCUT2D eigenvalue weighted by molar-refractivity contribution is 0.0953. The van der Waals surface area contributed by atoms with Gasteiger partial charge in [0.1, 0.15) is 5.75 Å². The summed E-state index contributed by atoms with van der Waals surface area (Å²) in [7, 11) is 1.57. The summed E-state index contributed by atoms with van der Waals surface area (Å²) in [4.78, 5) is 12.0. The molecule has 1 aromatic carbocycles. The van der Waals surface area contributed by atoms with Crippen LogP contribution < -0.4 is 15.8 Å². The second-order valence-corrected chi connectivity index (χ2v) is 4.98. The van der Waals surface area contributed by atoms with Gasteiger partial charge in [-0.3, -0.25) is 4.79 Å². The zero-order chi connectivity index (χ0) is 14.8. The molecule has 0 saturated heterocycles. The molecule has 0 bridgehead atoms. The predicted molar refractivity (Wildman–Crippen MR) is 83.1 cm³/mol. The molecule has 0 spiro atoms. The molecule has 0 unspecified atom stereocenters. The van der Waals surface area contributed by atoms with Crippen molar-refractivity contribution in [3.8, 4) is 5.75 Å². The van der Waals surface area contributed by atoms with Gasteiger partial charge in [-0.2, -0.15) is 0 Å². The Morgan fingerprint density at radius 1 is 1.20 bits per heavy atom. The number of carbonyl (C=O) groups excluding carboxylic acids is 1. The van der Waals surface area contributed by atoms with Gasteiger partial charge >= 0.3 is 0 Å². The van der Waals surface area contributed by atoms with Crippen molar-refractivity contribution < 1.29 is 9.53 Å². The van der Waals surface area contributed by atoms with E-state index in [-0.39, 0.29) is 5.91 Å². The Morgan fingerprint density at radius 2 is 1.90 bits per heavy atom. The number of ether oxygens (including phenoxy) is 1. The highest BCUT2D eigenvalue weighted by molar-refractivity contribution is 5.99. The average molecular weight is 278 g/mol. The number of rotatable bonds is 9. The Kier molecular flexibility index (Phi) is 7.55. The van der Waals surface area contributed by atoms with Crippen LogP contribution in [-0.4, -0.2) is 19.6 Å². The number of methoxy groups -OCH3 is 1. The molecule has 4 nitrogen and oxygen atoms in total. The van der Waals surface area contributed by atoms with Gasteiger partial charge in [0.2, 0.25) is 0 Å². The first-order chi connectivity index (χ1) is 9.69. The molecule has 0 saturated carbocycles. The Bertz CT molecular complexity index is 419. The highest BCUT2D eigenvalue weighted by atomic mass is 16.5. The Labute approximate surface area is 121 Å². The van der Waals surface area contributed by atoms with Gasteiger partial charge in [0.25, 0.3) is 5.91 Å². The lowest BCUT2D eigenvalue weighted by Crippen LogP contribution is -2.25. The number of unbranched alkanes of at least 4 members (excludes halogenated alkanes) is 5. The monoisotopic (exact) mass is 278 g/mol. The number of carbonyl (C=O) groups is 1. The lowest BCUT2D eigenvalue weighted by atomic mass is 10.1. The van der Waals surface area contributed by atoms with E-state index >= 15 is 0 Å². The molecule has 0 atom stereocenters. The van der Waals surface area contributed by atoms with Gasteiger partial charge in [-0.25, -0.2) is 0 Å². The van der Waals surface area contributed by atoms with Crippen LogP contribution in [-0.2, 0) is 0 Å². The van der Waals surface area contributed by atoms with Crippen molar-refractivity contribution in [3.63, 3.8) is 0 Å². The van der Waals surface area contributed by atoms with Crippen molar-refractivity contribution in [2.24, 2.45) is 0 Å². The van der Waals surface area contributed by atoms with E-state index in [4.69, 9.17) is 10.5 Å². The van der Waals surface area contributed by atoms with Crippen molar-refractivity contribution in [1.29, 1.82) is 0 Å². The zero-order valence-electron chi connectivity index (χ0n) is 12.6. The molecule has 112 valence electrons. The van der Waals surface area contributed by atoms with E-state index in [0.717, 1.165) is 12.8 Å². The third-order valence-corrected chi connectivity index (χ3v) is 3.32. The Morgan fingerprint density at radius 3 is 2.60 bits per heavy atom. The standard InChI is InChI=1S/C16H26N2O2/c1-3-4-5-6-7-8-11-18-16(19)14-12-13(20-2)9-10-15(14)17/h9-10,12H,3-8,11,17H2,1-2H3,(H,18,19). The zero-order valence-corrected chi connectivity index (χ0v) is 12.6. The summed E-state index contributed by atoms with van der Waals surface area (Å²) in [6.07, 6.45) is 7.25. The first kappa shape index (κ1) is 16.3. The number of benzene rings is 1. The highest BCUT2D eigenvalue weighted by Crippen LogP contribution is 2.19. The minimum absolute atomic E-state index is 0.130. The molecule has 3 N–H and O–H groups in total. The summed E-state index contributed by atoms with van der Waals surface area (Å²) in [6.45, 7) is 2.90. The van der Waals surface area contributed by atoms with Gasteiger partial charge in [0.05, 0.1) is 12.7 Å². The summed E-state index contributed by atoms with van der Waals surface area (Å²) in [5, 5.41) is 2.91. The van der Waals surface area contributed by atoms with E-state index < -0.39 is 0 Å². The van der Waals surface area contributed by atoms with Gasteiger partial charge in [-0.1, -0.05) is 39.0 Å². The van der Waals surface area contributed by atoms with Gasteiger partial charge in [-0.05, 0) is 24.6 Å². The quantitative estimate of drug-likeness (QED) is 0.537. The number of nitrogens with two attached hydrogens (primary N) is 1. The van der Waals surface area contributed by atoms with Gasteiger partial charge in [0.15, 0.2) is 0 Å². The van der Waals surface area contributed by atoms with Gasteiger partial charge in [-0.15, -0.1) is 0 Å². The number of amides is 1. The van der Waals surface area contributed by atoms with Crippen LogP contribution in [0.3, 0.4) is 0 Å². The molecule has 0 fully saturated rings. The summed E-state index contributed by atoms with van der Waals surface area (Å²) in [5.74, 6) is 0.513. The van der Waals surface area contributed by atoms with E-state index in [1.807, 2.05) is 0 Å². The molecule has 1 aromatic rings. The van der Waals surface area contributed by atoms with E-state index in [0.29, 0.717) is 23.5 Å². The third kappa shape index (κ3) is 5.51. The summed E-state index contributed by atoms with van der Waals surface area (Å²) >= 11 is 0. The number of hydrogen-bond acceptors (Lipinski definition) is 3. The molecular formula is C16H26N2O2. The molecule has 0 aliphatic rings. The largest absolute Gasteiger partial charge is 0.497 e. The van der Waals surface area contributed by atoms with Crippen molar-refractivity contribution >= 4 is 11.6 Å². The second kappa shape index (κ2) is 9.23. The normalized spacial score (nSPS) is 10.3. The molecule has 0 heterocycles. The minimum Gasteiger partial charge on any atom is -0.497 e. The first-order valence-corrected chi connectivity index (χ1v) is 7.40. The van der Waals surface area contributed by atoms with Crippen molar-refractivity contribution in [1.82, 2.24) is 5.32 Å². The number of nitrogen functional groups attached to an aromatic ring is 1. The summed E-state index contributed by atoms with van der Waals surface area (Å²) < 4.78 is 5.10. The molecule has 20 heavy (non-hydrogen) atoms. The van der Waals surface area contributed by atoms with Crippen molar-refractivity contribution in [3.05, 3.63) is 23.8 Å². The highest BCUT2D eigenvalue weighted by Gasteiger charge is 2.10. The second-order valence-electron chi connectivity index (χ2n) is 4.98. The van der Waals surface area contributed by atoms with Crippen LogP contribution in [0.5, 0.6) is 5.75 Å². The maximum atomic E-state index is 12.0. The molecule has 0 aromatic heterocycles. The Balaban J connectivity index is 2.32. The van der Waals surface area contributed by atoms with Crippen molar-refractivity contribution in [2.75, 3.05) is 19.4 Å². The minimum atomic E-state index is -0.130. The van der Waals surface area contributed by atoms with Crippen LogP contribution in [0.25, 0.3) is 0 Å². The SMILES string of the molecule is CCCCCCCCNC(=O)c1cc(OC)ccc1N. The number of nitrogens with one attached hydrogen (secondary N) is 1. The van der Waals surface area contributed by atoms with Crippen LogP contribution in [0.2, 0.25) is 0 Å². The average Bonchev–Trinajstić information content (AvgIpc) is 2.46. The van der Waals surface area contributed by atoms with Crippen LogP contribution in [0.15, 0.2) is 18.2 Å². The van der Waals surface area contributed by atoms with Crippen LogP contribution >= 0.6 is 0 Å². The van der Waals surface area contributed by atoms with Crippen LogP contribution in [0.1, 0.15) is 55.8 Å². The van der Waals surface area contributed by atoms with Gasteiger partial charge < -0.3 is 15.8 Å². The summed E-state index contributed by atoms with van der Waals surface area (Å²) in [6, 6.07) is 5.12. The maximum Gasteiger partial charge on any atom is 0.253 e. The number of anilines is 1. The van der Waals surface area contributed by atoms with Crippen LogP contribution in [0.4, 0.5) is 5.69 Å². The molecule has 0 radical (unpaired) electrons. The van der Waals surface area contributed by atoms with Crippen LogP contribution in [0, 0.1) is 0 Å². The van der Waals surface area contributed by atoms with E-state index in [1.54, 1.807) is 25.3 Å². The fraction of sp³-hybridized carbons (Fsp3) is 0.562. The smallest absolute Gasteiger partial charge is 0.253 e. The molecule has 1 rings (SSSR count). The lowest BCUT2D eigenvalue weighted by Gasteiger charge is -2.09. The predicted octanol–water partition coefficient (Wildman–Crippen LogP) is 3.37. The molecule has 4 heteroatoms. The molecule has 0 aliphatic heterocycles. The molecule has 1 amide bonds. The summed E-state index contributed by atoms with van der Waals surface area (Å²) in [5.41, 5.74) is 6.77. The van der Waals surface area contributed by atoms with E-state index in [2.05, 4.69) is 12.2 Å². The molecule has 0 aliphatic carbocycles. The maximum absolute atomic E-state index is 12.0. The Hall–Kier alpha value is -1.71. The third-order valence-electron chi connectivity index (χ3n) is 3.32. The van der Waals surface area contributed by atoms with E-state index in [9.17, 15) is 4.79 Å². The van der Waals surface area contributed by atoms with Crippen molar-refractivity contribution in [2.45, 2.75) is 45.4 Å². The van der Waals surface area contributed by atoms with E-state index in [1.165, 1.54) is 25.7 Å². The fourth-order valence-electron chi connectivity index (χ4n) is 2.06. The fourth-order valence-corrected chi connectivity index (χ4v) is 2.06.